The van der Waals surface area contributed by atoms with E-state index in [0.29, 0.717) is 23.5 Å². The zero-order valence-corrected chi connectivity index (χ0v) is 12.8. The molecule has 2 heterocycles. The van der Waals surface area contributed by atoms with Gasteiger partial charge in [0, 0.05) is 23.5 Å². The van der Waals surface area contributed by atoms with Crippen LogP contribution in [0.25, 0.3) is 10.9 Å². The van der Waals surface area contributed by atoms with Gasteiger partial charge in [-0.05, 0) is 45.0 Å². The van der Waals surface area contributed by atoms with E-state index in [1.54, 1.807) is 0 Å². The summed E-state index contributed by atoms with van der Waals surface area (Å²) < 4.78 is 0. The van der Waals surface area contributed by atoms with Crippen molar-refractivity contribution in [2.45, 2.75) is 12.8 Å². The molecule has 1 saturated heterocycles. The molecule has 0 bridgehead atoms. The molecule has 1 amide bonds. The quantitative estimate of drug-likeness (QED) is 0.905. The van der Waals surface area contributed by atoms with Gasteiger partial charge in [0.1, 0.15) is 0 Å². The molecule has 0 radical (unpaired) electrons. The fraction of sp³-hybridized carbons (Fsp3) is 0.412. The summed E-state index contributed by atoms with van der Waals surface area (Å²) in [5.74, 6) is 0.356. The van der Waals surface area contributed by atoms with Gasteiger partial charge in [0.2, 0.25) is 5.56 Å². The van der Waals surface area contributed by atoms with E-state index in [1.807, 2.05) is 24.3 Å². The van der Waals surface area contributed by atoms with Crippen LogP contribution in [0.4, 0.5) is 0 Å². The Morgan fingerprint density at radius 3 is 2.82 bits per heavy atom. The van der Waals surface area contributed by atoms with Crippen molar-refractivity contribution in [2.75, 3.05) is 26.7 Å². The van der Waals surface area contributed by atoms with E-state index in [9.17, 15) is 9.59 Å². The molecule has 22 heavy (non-hydrogen) atoms. The monoisotopic (exact) mass is 299 g/mol. The number of hydrogen-bond acceptors (Lipinski definition) is 3. The van der Waals surface area contributed by atoms with Crippen LogP contribution in [-0.4, -0.2) is 42.5 Å². The minimum atomic E-state index is -0.247. The van der Waals surface area contributed by atoms with Crippen LogP contribution in [-0.2, 0) is 0 Å². The number of nitrogens with zero attached hydrogens (tertiary/aromatic N) is 1. The van der Waals surface area contributed by atoms with E-state index in [-0.39, 0.29) is 11.5 Å². The molecular weight excluding hydrogens is 278 g/mol. The van der Waals surface area contributed by atoms with E-state index in [0.717, 1.165) is 31.3 Å². The third-order valence-electron chi connectivity index (χ3n) is 4.38. The highest BCUT2D eigenvalue weighted by Gasteiger charge is 2.18. The Morgan fingerprint density at radius 2 is 2.05 bits per heavy atom. The molecule has 116 valence electrons. The highest BCUT2D eigenvalue weighted by atomic mass is 16.2. The number of amides is 1. The first-order valence-electron chi connectivity index (χ1n) is 7.72. The van der Waals surface area contributed by atoms with E-state index in [2.05, 4.69) is 22.2 Å². The normalized spacial score (nSPS) is 16.8. The largest absolute Gasteiger partial charge is 0.352 e. The second-order valence-electron chi connectivity index (χ2n) is 6.05. The van der Waals surface area contributed by atoms with Gasteiger partial charge in [-0.25, -0.2) is 0 Å². The highest BCUT2D eigenvalue weighted by Crippen LogP contribution is 2.17. The smallest absolute Gasteiger partial charge is 0.252 e. The first kappa shape index (κ1) is 14.8. The summed E-state index contributed by atoms with van der Waals surface area (Å²) in [5.41, 5.74) is 0.898. The Morgan fingerprint density at radius 1 is 1.32 bits per heavy atom. The minimum absolute atomic E-state index is 0.166. The molecule has 1 aromatic carbocycles. The molecule has 5 nitrogen and oxygen atoms in total. The van der Waals surface area contributed by atoms with Crippen molar-refractivity contribution in [2.24, 2.45) is 5.92 Å². The molecule has 1 aliphatic heterocycles. The van der Waals surface area contributed by atoms with Crippen LogP contribution in [0.2, 0.25) is 0 Å². The molecule has 1 fully saturated rings. The summed E-state index contributed by atoms with van der Waals surface area (Å²) in [4.78, 5) is 29.2. The number of carbonyl (C=O) groups excluding carboxylic acids is 1. The average molecular weight is 299 g/mol. The van der Waals surface area contributed by atoms with Gasteiger partial charge in [-0.3, -0.25) is 9.59 Å². The van der Waals surface area contributed by atoms with Crippen molar-refractivity contribution in [3.05, 3.63) is 46.2 Å². The maximum absolute atomic E-state index is 12.4. The maximum atomic E-state index is 12.4. The lowest BCUT2D eigenvalue weighted by atomic mass is 9.97. The van der Waals surface area contributed by atoms with Gasteiger partial charge in [-0.2, -0.15) is 0 Å². The third-order valence-corrected chi connectivity index (χ3v) is 4.38. The molecule has 0 unspecified atom stereocenters. The minimum Gasteiger partial charge on any atom is -0.352 e. The van der Waals surface area contributed by atoms with Crippen molar-refractivity contribution in [3.8, 4) is 0 Å². The van der Waals surface area contributed by atoms with Crippen LogP contribution < -0.4 is 10.9 Å². The maximum Gasteiger partial charge on any atom is 0.252 e. The number of likely N-dealkylation sites (tertiary alicyclic amines) is 1. The summed E-state index contributed by atoms with van der Waals surface area (Å²) in [6.45, 7) is 2.83. The van der Waals surface area contributed by atoms with Crippen LogP contribution in [0, 0.1) is 5.92 Å². The van der Waals surface area contributed by atoms with Crippen molar-refractivity contribution in [1.29, 1.82) is 0 Å². The molecule has 2 aromatic rings. The zero-order valence-electron chi connectivity index (χ0n) is 12.8. The van der Waals surface area contributed by atoms with Gasteiger partial charge < -0.3 is 15.2 Å². The predicted molar refractivity (Wildman–Crippen MR) is 87.1 cm³/mol. The van der Waals surface area contributed by atoms with E-state index < -0.39 is 0 Å². The second-order valence-corrected chi connectivity index (χ2v) is 6.05. The number of rotatable bonds is 3. The summed E-state index contributed by atoms with van der Waals surface area (Å²) in [6.07, 6.45) is 2.21. The standard InChI is InChI=1S/C17H21N3O2/c1-20-8-6-12(7-9-20)11-18-17(22)14-10-16(21)19-15-5-3-2-4-13(14)15/h2-5,10,12H,6-9,11H2,1H3,(H,18,22)(H,19,21). The molecule has 1 aromatic heterocycles. The fourth-order valence-electron chi connectivity index (χ4n) is 2.99. The van der Waals surface area contributed by atoms with E-state index in [1.165, 1.54) is 6.07 Å². The molecule has 3 rings (SSSR count). The number of hydrogen-bond donors (Lipinski definition) is 2. The van der Waals surface area contributed by atoms with Crippen molar-refractivity contribution in [3.63, 3.8) is 0 Å². The number of carbonyl (C=O) groups is 1. The number of pyridine rings is 1. The summed E-state index contributed by atoms with van der Waals surface area (Å²) >= 11 is 0. The average Bonchev–Trinajstić information content (AvgIpc) is 2.53. The van der Waals surface area contributed by atoms with Crippen molar-refractivity contribution in [1.82, 2.24) is 15.2 Å². The molecule has 0 atom stereocenters. The van der Waals surface area contributed by atoms with Gasteiger partial charge in [0.25, 0.3) is 5.91 Å². The van der Waals surface area contributed by atoms with Gasteiger partial charge in [0.15, 0.2) is 0 Å². The lowest BCUT2D eigenvalue weighted by molar-refractivity contribution is 0.0940. The topological polar surface area (TPSA) is 65.2 Å². The van der Waals surface area contributed by atoms with Crippen molar-refractivity contribution >= 4 is 16.8 Å². The number of H-pyrrole nitrogens is 1. The van der Waals surface area contributed by atoms with Crippen LogP contribution >= 0.6 is 0 Å². The predicted octanol–water partition coefficient (Wildman–Crippen LogP) is 1.60. The van der Waals surface area contributed by atoms with Crippen LogP contribution in [0.5, 0.6) is 0 Å². The second kappa shape index (κ2) is 6.32. The van der Waals surface area contributed by atoms with Gasteiger partial charge in [-0.1, -0.05) is 18.2 Å². The van der Waals surface area contributed by atoms with Gasteiger partial charge >= 0.3 is 0 Å². The van der Waals surface area contributed by atoms with Crippen molar-refractivity contribution < 1.29 is 4.79 Å². The summed E-state index contributed by atoms with van der Waals surface area (Å²) in [7, 11) is 2.12. The lowest BCUT2D eigenvalue weighted by Crippen LogP contribution is -2.37. The third kappa shape index (κ3) is 3.20. The number of fused-ring (bicyclic) bond motifs is 1. The lowest BCUT2D eigenvalue weighted by Gasteiger charge is -2.28. The molecule has 2 N–H and O–H groups in total. The Balaban J connectivity index is 1.74. The molecular formula is C17H21N3O2. The van der Waals surface area contributed by atoms with E-state index in [4.69, 9.17) is 0 Å². The highest BCUT2D eigenvalue weighted by molar-refractivity contribution is 6.05. The molecule has 1 aliphatic rings. The SMILES string of the molecule is CN1CCC(CNC(=O)c2cc(=O)[nH]c3ccccc23)CC1. The number of benzene rings is 1. The number of nitrogens with one attached hydrogen (secondary N) is 2. The Kier molecular flexibility index (Phi) is 4.24. The number of aromatic amines is 1. The van der Waals surface area contributed by atoms with Crippen LogP contribution in [0.1, 0.15) is 23.2 Å². The molecule has 0 aliphatic carbocycles. The molecule has 0 saturated carbocycles. The first-order chi connectivity index (χ1) is 10.6. The first-order valence-corrected chi connectivity index (χ1v) is 7.72. The number of para-hydroxylation sites is 1. The Hall–Kier alpha value is -2.14. The Labute approximate surface area is 129 Å². The van der Waals surface area contributed by atoms with Crippen LogP contribution in [0.3, 0.4) is 0 Å². The van der Waals surface area contributed by atoms with Gasteiger partial charge in [0.05, 0.1) is 5.56 Å². The summed E-state index contributed by atoms with van der Waals surface area (Å²) in [5, 5.41) is 3.77. The summed E-state index contributed by atoms with van der Waals surface area (Å²) in [6, 6.07) is 8.76. The zero-order chi connectivity index (χ0) is 15.5. The molecule has 0 spiro atoms. The van der Waals surface area contributed by atoms with Gasteiger partial charge in [-0.15, -0.1) is 0 Å². The Bertz CT molecular complexity index is 730. The molecule has 5 heteroatoms. The number of aromatic nitrogens is 1. The van der Waals surface area contributed by atoms with Crippen LogP contribution in [0.15, 0.2) is 35.1 Å². The number of piperidine rings is 1. The fourth-order valence-corrected chi connectivity index (χ4v) is 2.99. The van der Waals surface area contributed by atoms with E-state index >= 15 is 0 Å².